The second-order valence-electron chi connectivity index (χ2n) is 4.41. The molecule has 4 N–H and O–H groups in total. The first-order valence-corrected chi connectivity index (χ1v) is 6.58. The number of halogens is 1. The van der Waals surface area contributed by atoms with Gasteiger partial charge >= 0.3 is 0 Å². The van der Waals surface area contributed by atoms with Crippen molar-refractivity contribution in [1.82, 2.24) is 0 Å². The Balaban J connectivity index is 2.10. The Kier molecular flexibility index (Phi) is 4.55. The monoisotopic (exact) mass is 306 g/mol. The first kappa shape index (κ1) is 15.0. The number of rotatable bonds is 5. The molecule has 0 aliphatic heterocycles. The van der Waals surface area contributed by atoms with Gasteiger partial charge in [-0.05, 0) is 30.3 Å². The van der Waals surface area contributed by atoms with Crippen LogP contribution in [0.25, 0.3) is 0 Å². The first-order valence-electron chi connectivity index (χ1n) is 6.20. The van der Waals surface area contributed by atoms with Crippen LogP contribution < -0.4 is 15.8 Å². The first-order chi connectivity index (χ1) is 10.0. The lowest BCUT2D eigenvalue weighted by molar-refractivity contribution is 0.100. The maximum atomic E-state index is 11.1. The lowest BCUT2D eigenvalue weighted by Crippen LogP contribution is -2.11. The minimum Gasteiger partial charge on any atom is -0.507 e. The Morgan fingerprint density at radius 1 is 1.33 bits per heavy atom. The molecule has 0 aliphatic rings. The minimum atomic E-state index is -0.570. The summed E-state index contributed by atoms with van der Waals surface area (Å²) < 4.78 is 5.02. The highest BCUT2D eigenvalue weighted by Gasteiger charge is 2.08. The Bertz CT molecular complexity index is 674. The molecule has 21 heavy (non-hydrogen) atoms. The fourth-order valence-corrected chi connectivity index (χ4v) is 2.12. The number of aromatic hydroxyl groups is 1. The van der Waals surface area contributed by atoms with Crippen LogP contribution in [0.5, 0.6) is 11.5 Å². The summed E-state index contributed by atoms with van der Waals surface area (Å²) in [5.74, 6) is 0.158. The van der Waals surface area contributed by atoms with Gasteiger partial charge in [-0.15, -0.1) is 0 Å². The van der Waals surface area contributed by atoms with E-state index in [0.29, 0.717) is 17.9 Å². The zero-order valence-corrected chi connectivity index (χ0v) is 12.1. The number of benzene rings is 2. The van der Waals surface area contributed by atoms with Crippen LogP contribution in [-0.4, -0.2) is 18.1 Å². The number of methoxy groups -OCH3 is 1. The molecular weight excluding hydrogens is 292 g/mol. The number of primary amides is 1. The summed E-state index contributed by atoms with van der Waals surface area (Å²) in [6, 6.07) is 9.94. The topological polar surface area (TPSA) is 84.6 Å². The second kappa shape index (κ2) is 6.37. The predicted octanol–water partition coefficient (Wildman–Crippen LogP) is 2.77. The summed E-state index contributed by atoms with van der Waals surface area (Å²) in [6.45, 7) is 0.405. The van der Waals surface area contributed by atoms with Crippen molar-refractivity contribution in [3.8, 4) is 11.5 Å². The molecule has 0 atom stereocenters. The number of nitrogens with one attached hydrogen (secondary N) is 1. The van der Waals surface area contributed by atoms with Crippen molar-refractivity contribution in [2.45, 2.75) is 6.54 Å². The fourth-order valence-electron chi connectivity index (χ4n) is 1.84. The van der Waals surface area contributed by atoms with E-state index in [1.807, 2.05) is 0 Å². The van der Waals surface area contributed by atoms with Gasteiger partial charge in [0, 0.05) is 23.9 Å². The summed E-state index contributed by atoms with van der Waals surface area (Å²) in [6.07, 6.45) is 0. The van der Waals surface area contributed by atoms with Gasteiger partial charge < -0.3 is 20.9 Å². The zero-order valence-electron chi connectivity index (χ0n) is 11.4. The van der Waals surface area contributed by atoms with Gasteiger partial charge in [-0.2, -0.15) is 0 Å². The molecule has 1 amide bonds. The second-order valence-corrected chi connectivity index (χ2v) is 4.81. The largest absolute Gasteiger partial charge is 0.507 e. The van der Waals surface area contributed by atoms with Crippen molar-refractivity contribution in [3.05, 3.63) is 52.5 Å². The van der Waals surface area contributed by atoms with Gasteiger partial charge in [0.15, 0.2) is 0 Å². The van der Waals surface area contributed by atoms with Gasteiger partial charge in [-0.25, -0.2) is 0 Å². The molecule has 0 unspecified atom stereocenters. The summed E-state index contributed by atoms with van der Waals surface area (Å²) in [4.78, 5) is 11.1. The van der Waals surface area contributed by atoms with E-state index < -0.39 is 5.91 Å². The van der Waals surface area contributed by atoms with Crippen LogP contribution in [0, 0.1) is 0 Å². The van der Waals surface area contributed by atoms with Crippen LogP contribution in [0.1, 0.15) is 15.9 Å². The highest BCUT2D eigenvalue weighted by Crippen LogP contribution is 2.25. The number of anilines is 1. The van der Waals surface area contributed by atoms with E-state index in [0.717, 1.165) is 5.69 Å². The molecule has 0 saturated carbocycles. The molecule has 0 aromatic heterocycles. The number of amides is 1. The highest BCUT2D eigenvalue weighted by atomic mass is 35.5. The van der Waals surface area contributed by atoms with Crippen molar-refractivity contribution in [1.29, 1.82) is 0 Å². The van der Waals surface area contributed by atoms with E-state index in [-0.39, 0.29) is 16.3 Å². The predicted molar refractivity (Wildman–Crippen MR) is 82.0 cm³/mol. The number of phenolic OH excluding ortho intramolecular Hbond substituents is 1. The van der Waals surface area contributed by atoms with E-state index in [9.17, 15) is 9.90 Å². The van der Waals surface area contributed by atoms with Crippen LogP contribution in [0.3, 0.4) is 0 Å². The zero-order chi connectivity index (χ0) is 15.4. The number of hydrogen-bond donors (Lipinski definition) is 3. The molecule has 6 heteroatoms. The van der Waals surface area contributed by atoms with Gasteiger partial charge in [0.2, 0.25) is 5.91 Å². The lowest BCUT2D eigenvalue weighted by atomic mass is 10.1. The van der Waals surface area contributed by atoms with E-state index in [1.165, 1.54) is 7.11 Å². The molecule has 2 aromatic carbocycles. The van der Waals surface area contributed by atoms with Crippen molar-refractivity contribution in [2.75, 3.05) is 12.4 Å². The molecular formula is C15H15ClN2O3. The van der Waals surface area contributed by atoms with Gasteiger partial charge in [0.1, 0.15) is 11.5 Å². The third kappa shape index (κ3) is 3.58. The fraction of sp³-hybridized carbons (Fsp3) is 0.133. The Morgan fingerprint density at radius 3 is 2.67 bits per heavy atom. The Hall–Kier alpha value is -2.40. The lowest BCUT2D eigenvalue weighted by Gasteiger charge is -2.10. The van der Waals surface area contributed by atoms with E-state index >= 15 is 0 Å². The molecule has 0 heterocycles. The summed E-state index contributed by atoms with van der Waals surface area (Å²) in [7, 11) is 1.54. The third-order valence-corrected chi connectivity index (χ3v) is 3.32. The van der Waals surface area contributed by atoms with Gasteiger partial charge in [0.25, 0.3) is 0 Å². The van der Waals surface area contributed by atoms with Crippen LogP contribution in [0.15, 0.2) is 36.4 Å². The number of ether oxygens (including phenoxy) is 1. The van der Waals surface area contributed by atoms with Crippen LogP contribution in [0.2, 0.25) is 5.02 Å². The van der Waals surface area contributed by atoms with E-state index in [4.69, 9.17) is 22.1 Å². The number of phenols is 1. The molecule has 0 aliphatic carbocycles. The van der Waals surface area contributed by atoms with E-state index in [1.54, 1.807) is 36.4 Å². The summed E-state index contributed by atoms with van der Waals surface area (Å²) in [5.41, 5.74) is 6.90. The highest BCUT2D eigenvalue weighted by molar-refractivity contribution is 6.34. The normalized spacial score (nSPS) is 10.2. The molecule has 0 saturated heterocycles. The van der Waals surface area contributed by atoms with Crippen molar-refractivity contribution in [2.24, 2.45) is 5.73 Å². The SMILES string of the molecule is COc1ccc(CNc2ccc(C(N)=O)c(Cl)c2)c(O)c1. The average molecular weight is 307 g/mol. The van der Waals surface area contributed by atoms with Crippen molar-refractivity contribution >= 4 is 23.2 Å². The molecule has 0 spiro atoms. The van der Waals surface area contributed by atoms with Gasteiger partial charge in [0.05, 0.1) is 17.7 Å². The molecule has 2 aromatic rings. The van der Waals surface area contributed by atoms with Crippen molar-refractivity contribution in [3.63, 3.8) is 0 Å². The number of hydrogen-bond acceptors (Lipinski definition) is 4. The maximum absolute atomic E-state index is 11.1. The molecule has 2 rings (SSSR count). The van der Waals surface area contributed by atoms with Gasteiger partial charge in [-0.1, -0.05) is 11.6 Å². The number of nitrogens with two attached hydrogens (primary N) is 1. The van der Waals surface area contributed by atoms with Gasteiger partial charge in [-0.3, -0.25) is 4.79 Å². The van der Waals surface area contributed by atoms with E-state index in [2.05, 4.69) is 5.32 Å². The molecule has 0 radical (unpaired) electrons. The molecule has 0 fully saturated rings. The number of carbonyl (C=O) groups is 1. The van der Waals surface area contributed by atoms with Crippen molar-refractivity contribution < 1.29 is 14.6 Å². The summed E-state index contributed by atoms with van der Waals surface area (Å²) in [5, 5.41) is 13.3. The van der Waals surface area contributed by atoms with Crippen LogP contribution in [0.4, 0.5) is 5.69 Å². The molecule has 5 nitrogen and oxygen atoms in total. The Morgan fingerprint density at radius 2 is 2.10 bits per heavy atom. The standard InChI is InChI=1S/C15H15ClN2O3/c1-21-11-4-2-9(14(19)7-11)8-18-10-3-5-12(15(17)20)13(16)6-10/h2-7,18-19H,8H2,1H3,(H2,17,20). The average Bonchev–Trinajstić information content (AvgIpc) is 2.45. The smallest absolute Gasteiger partial charge is 0.250 e. The minimum absolute atomic E-state index is 0.140. The van der Waals surface area contributed by atoms with Crippen LogP contribution >= 0.6 is 11.6 Å². The molecule has 110 valence electrons. The Labute approximate surface area is 127 Å². The number of carbonyl (C=O) groups excluding carboxylic acids is 1. The molecule has 0 bridgehead atoms. The van der Waals surface area contributed by atoms with Crippen LogP contribution in [-0.2, 0) is 6.54 Å². The summed E-state index contributed by atoms with van der Waals surface area (Å²) >= 11 is 5.97. The maximum Gasteiger partial charge on any atom is 0.250 e. The quantitative estimate of drug-likeness (QED) is 0.793. The third-order valence-electron chi connectivity index (χ3n) is 3.01.